The summed E-state index contributed by atoms with van der Waals surface area (Å²) in [6.45, 7) is 0. The summed E-state index contributed by atoms with van der Waals surface area (Å²) in [6, 6.07) is 57.7. The van der Waals surface area contributed by atoms with Gasteiger partial charge in [0, 0.05) is 31.3 Å². The smallest absolute Gasteiger partial charge is 0.0745 e. The predicted molar refractivity (Wildman–Crippen MR) is 187 cm³/mol. The summed E-state index contributed by atoms with van der Waals surface area (Å²) in [4.78, 5) is 9.89. The Morgan fingerprint density at radius 3 is 1.56 bits per heavy atom. The van der Waals surface area contributed by atoms with Gasteiger partial charge in [-0.25, -0.2) is 0 Å². The van der Waals surface area contributed by atoms with Gasteiger partial charge in [0.25, 0.3) is 0 Å². The zero-order valence-corrected chi connectivity index (χ0v) is 26.0. The highest BCUT2D eigenvalue weighted by molar-refractivity contribution is 8.00. The molecule has 1 spiro atoms. The fourth-order valence-electron chi connectivity index (χ4n) is 7.05. The molecule has 9 rings (SSSR count). The summed E-state index contributed by atoms with van der Waals surface area (Å²) in [5, 5.41) is 0. The van der Waals surface area contributed by atoms with Gasteiger partial charge in [0.15, 0.2) is 0 Å². The van der Waals surface area contributed by atoms with Gasteiger partial charge in [-0.15, -0.1) is 0 Å². The topological polar surface area (TPSA) is 12.9 Å². The molecule has 0 bridgehead atoms. The maximum atomic E-state index is 4.69. The summed E-state index contributed by atoms with van der Waals surface area (Å²) in [5.74, 6) is 0. The lowest BCUT2D eigenvalue weighted by Crippen LogP contribution is -2.36. The number of aromatic nitrogens is 1. The normalized spacial score (nSPS) is 13.8. The fourth-order valence-corrected chi connectivity index (χ4v) is 9.52. The Kier molecular flexibility index (Phi) is 6.29. The van der Waals surface area contributed by atoms with Crippen molar-refractivity contribution in [2.45, 2.75) is 25.0 Å². The van der Waals surface area contributed by atoms with Crippen LogP contribution in [0.4, 0.5) is 0 Å². The highest BCUT2D eigenvalue weighted by Crippen LogP contribution is 2.62. The first-order chi connectivity index (χ1) is 22.3. The van der Waals surface area contributed by atoms with Crippen molar-refractivity contribution in [3.05, 3.63) is 186 Å². The summed E-state index contributed by atoms with van der Waals surface area (Å²) in [6.07, 6.45) is 1.87. The van der Waals surface area contributed by atoms with E-state index in [0.29, 0.717) is 0 Å². The number of fused-ring (bicyclic) bond motifs is 8. The zero-order chi connectivity index (χ0) is 29.8. The molecule has 3 heteroatoms. The molecule has 45 heavy (non-hydrogen) atoms. The molecular weight excluding hydrogens is 583 g/mol. The highest BCUT2D eigenvalue weighted by Gasteiger charge is 2.48. The number of benzene rings is 6. The minimum absolute atomic E-state index is 0.429. The van der Waals surface area contributed by atoms with Crippen LogP contribution in [0.25, 0.3) is 33.5 Å². The van der Waals surface area contributed by atoms with Crippen molar-refractivity contribution in [2.75, 3.05) is 0 Å². The van der Waals surface area contributed by atoms with E-state index >= 15 is 0 Å². The van der Waals surface area contributed by atoms with Gasteiger partial charge in [-0.2, -0.15) is 0 Å². The lowest BCUT2D eigenvalue weighted by molar-refractivity contribution is 0.667. The quantitative estimate of drug-likeness (QED) is 0.198. The molecule has 0 aliphatic carbocycles. The maximum Gasteiger partial charge on any atom is 0.0745 e. The largest absolute Gasteiger partial charge is 0.256 e. The first-order valence-electron chi connectivity index (χ1n) is 15.2. The Morgan fingerprint density at radius 1 is 0.356 bits per heavy atom. The van der Waals surface area contributed by atoms with Crippen LogP contribution in [0, 0.1) is 0 Å². The minimum Gasteiger partial charge on any atom is -0.256 e. The monoisotopic (exact) mass is 609 g/mol. The standard InChI is InChI=1S/C42H27NS2/c1-2-11-28(12-3-1)29-13-10-14-30(25-29)31-20-22-35-40(26-31)45-41-27-32(37-17-8-9-24-43-37)21-23-36(41)42(35)33-15-4-6-18-38(33)44-39-19-7-5-16-34(39)42/h1-27H. The second-order valence-corrected chi connectivity index (χ2v) is 13.7. The van der Waals surface area contributed by atoms with Gasteiger partial charge >= 0.3 is 0 Å². The summed E-state index contributed by atoms with van der Waals surface area (Å²) in [7, 11) is 0. The van der Waals surface area contributed by atoms with Crippen molar-refractivity contribution >= 4 is 23.5 Å². The molecule has 0 radical (unpaired) electrons. The summed E-state index contributed by atoms with van der Waals surface area (Å²) in [5.41, 5.74) is 12.0. The second kappa shape index (κ2) is 10.7. The molecule has 2 aliphatic heterocycles. The third kappa shape index (κ3) is 4.23. The van der Waals surface area contributed by atoms with Gasteiger partial charge in [0.1, 0.15) is 0 Å². The molecular formula is C42H27NS2. The van der Waals surface area contributed by atoms with Crippen LogP contribution < -0.4 is 0 Å². The van der Waals surface area contributed by atoms with E-state index in [-0.39, 0.29) is 0 Å². The number of pyridine rings is 1. The lowest BCUT2D eigenvalue weighted by Gasteiger charge is -2.45. The van der Waals surface area contributed by atoms with Gasteiger partial charge in [0.05, 0.1) is 11.1 Å². The molecule has 0 saturated heterocycles. The van der Waals surface area contributed by atoms with Crippen LogP contribution >= 0.6 is 23.5 Å². The third-order valence-corrected chi connectivity index (χ3v) is 11.3. The van der Waals surface area contributed by atoms with E-state index in [1.807, 2.05) is 35.8 Å². The average molecular weight is 610 g/mol. The Balaban J connectivity index is 1.30. The highest BCUT2D eigenvalue weighted by atomic mass is 32.2. The second-order valence-electron chi connectivity index (χ2n) is 11.5. The minimum atomic E-state index is -0.429. The molecule has 0 fully saturated rings. The lowest BCUT2D eigenvalue weighted by atomic mass is 9.64. The van der Waals surface area contributed by atoms with Gasteiger partial charge in [-0.05, 0) is 87.0 Å². The molecule has 7 aromatic rings. The molecule has 1 aromatic heterocycles. The van der Waals surface area contributed by atoms with Crippen molar-refractivity contribution in [1.82, 2.24) is 4.98 Å². The van der Waals surface area contributed by atoms with Crippen molar-refractivity contribution in [1.29, 1.82) is 0 Å². The number of hydrogen-bond donors (Lipinski definition) is 0. The Morgan fingerprint density at radius 2 is 0.867 bits per heavy atom. The van der Waals surface area contributed by atoms with Crippen LogP contribution in [0.1, 0.15) is 22.3 Å². The van der Waals surface area contributed by atoms with Gasteiger partial charge < -0.3 is 0 Å². The van der Waals surface area contributed by atoms with E-state index < -0.39 is 5.41 Å². The van der Waals surface area contributed by atoms with E-state index in [1.165, 1.54) is 64.1 Å². The Labute approximate surface area is 272 Å². The Hall–Kier alpha value is -4.83. The zero-order valence-electron chi connectivity index (χ0n) is 24.4. The van der Waals surface area contributed by atoms with E-state index in [1.54, 1.807) is 0 Å². The van der Waals surface area contributed by atoms with E-state index in [2.05, 4.69) is 152 Å². The molecule has 212 valence electrons. The van der Waals surface area contributed by atoms with Crippen LogP contribution in [-0.2, 0) is 5.41 Å². The number of hydrogen-bond acceptors (Lipinski definition) is 3. The van der Waals surface area contributed by atoms with Crippen molar-refractivity contribution in [3.8, 4) is 33.5 Å². The Bertz CT molecular complexity index is 2180. The average Bonchev–Trinajstić information content (AvgIpc) is 3.12. The first-order valence-corrected chi connectivity index (χ1v) is 16.8. The molecule has 6 aromatic carbocycles. The molecule has 3 heterocycles. The summed E-state index contributed by atoms with van der Waals surface area (Å²) >= 11 is 3.77. The van der Waals surface area contributed by atoms with E-state index in [9.17, 15) is 0 Å². The summed E-state index contributed by atoms with van der Waals surface area (Å²) < 4.78 is 0. The number of nitrogens with zero attached hydrogens (tertiary/aromatic N) is 1. The molecule has 2 aliphatic rings. The number of rotatable bonds is 3. The molecule has 0 saturated carbocycles. The predicted octanol–water partition coefficient (Wildman–Crippen LogP) is 11.4. The van der Waals surface area contributed by atoms with Gasteiger partial charge in [0.2, 0.25) is 0 Å². The fraction of sp³-hybridized carbons (Fsp3) is 0.0238. The van der Waals surface area contributed by atoms with E-state index in [0.717, 1.165) is 11.3 Å². The molecule has 0 amide bonds. The molecule has 1 nitrogen and oxygen atoms in total. The first kappa shape index (κ1) is 26.6. The van der Waals surface area contributed by atoms with Crippen molar-refractivity contribution < 1.29 is 0 Å². The molecule has 0 unspecified atom stereocenters. The third-order valence-electron chi connectivity index (χ3n) is 9.06. The van der Waals surface area contributed by atoms with Crippen LogP contribution in [0.15, 0.2) is 184 Å². The molecule has 0 N–H and O–H groups in total. The van der Waals surface area contributed by atoms with Crippen molar-refractivity contribution in [2.24, 2.45) is 0 Å². The van der Waals surface area contributed by atoms with Crippen LogP contribution in [0.5, 0.6) is 0 Å². The SMILES string of the molecule is c1ccc(-c2cccc(-c3ccc4c(c3)Sc3cc(-c5ccccn5)ccc3C43c4ccccc4Sc4ccccc43)c2)cc1. The van der Waals surface area contributed by atoms with Crippen LogP contribution in [0.3, 0.4) is 0 Å². The van der Waals surface area contributed by atoms with Gasteiger partial charge in [-0.3, -0.25) is 4.98 Å². The van der Waals surface area contributed by atoms with Crippen LogP contribution in [0.2, 0.25) is 0 Å². The maximum absolute atomic E-state index is 4.69. The van der Waals surface area contributed by atoms with Gasteiger partial charge in [-0.1, -0.05) is 139 Å². The van der Waals surface area contributed by atoms with Crippen LogP contribution in [-0.4, -0.2) is 4.98 Å². The van der Waals surface area contributed by atoms with Crippen molar-refractivity contribution in [3.63, 3.8) is 0 Å². The van der Waals surface area contributed by atoms with E-state index in [4.69, 9.17) is 4.98 Å². The molecule has 0 atom stereocenters.